The molecule has 0 aliphatic carbocycles. The Kier molecular flexibility index (Phi) is 4.49. The lowest BCUT2D eigenvalue weighted by molar-refractivity contribution is -0.141. The predicted octanol–water partition coefficient (Wildman–Crippen LogP) is 3.39. The van der Waals surface area contributed by atoms with Crippen LogP contribution >= 0.6 is 27.3 Å². The molecular formula is C13H12BrNO2S. The van der Waals surface area contributed by atoms with Crippen molar-refractivity contribution in [1.29, 1.82) is 0 Å². The van der Waals surface area contributed by atoms with Gasteiger partial charge >= 0.3 is 5.97 Å². The second-order valence-electron chi connectivity index (χ2n) is 4.01. The van der Waals surface area contributed by atoms with Crippen LogP contribution in [0.4, 0.5) is 0 Å². The molecule has 94 valence electrons. The van der Waals surface area contributed by atoms with E-state index in [1.54, 1.807) is 5.51 Å². The number of aliphatic carboxylic acids is 1. The van der Waals surface area contributed by atoms with Crippen LogP contribution in [0.5, 0.6) is 0 Å². The average molecular weight is 326 g/mol. The highest BCUT2D eigenvalue weighted by Crippen LogP contribution is 2.21. The van der Waals surface area contributed by atoms with Gasteiger partial charge in [-0.1, -0.05) is 34.1 Å². The van der Waals surface area contributed by atoms with Crippen LogP contribution in [-0.4, -0.2) is 16.1 Å². The Bertz CT molecular complexity index is 528. The Hall–Kier alpha value is -1.20. The van der Waals surface area contributed by atoms with Crippen LogP contribution in [0, 0.1) is 5.92 Å². The van der Waals surface area contributed by atoms with Gasteiger partial charge in [-0.3, -0.25) is 4.79 Å². The fraction of sp³-hybridized carbons (Fsp3) is 0.231. The number of thiazole rings is 1. The summed E-state index contributed by atoms with van der Waals surface area (Å²) < 4.78 is 0.953. The molecule has 2 aromatic rings. The molecule has 1 aromatic heterocycles. The van der Waals surface area contributed by atoms with E-state index < -0.39 is 11.9 Å². The quantitative estimate of drug-likeness (QED) is 0.916. The van der Waals surface area contributed by atoms with E-state index in [-0.39, 0.29) is 0 Å². The van der Waals surface area contributed by atoms with Gasteiger partial charge in [-0.15, -0.1) is 11.3 Å². The fourth-order valence-electron chi connectivity index (χ4n) is 1.77. The maximum Gasteiger partial charge on any atom is 0.307 e. The van der Waals surface area contributed by atoms with Crippen LogP contribution in [-0.2, 0) is 17.6 Å². The molecule has 5 heteroatoms. The largest absolute Gasteiger partial charge is 0.481 e. The second kappa shape index (κ2) is 6.11. The van der Waals surface area contributed by atoms with Gasteiger partial charge in [-0.25, -0.2) is 4.98 Å². The SMILES string of the molecule is O=C(O)C(Cc1cscn1)Cc1ccccc1Br. The van der Waals surface area contributed by atoms with Crippen molar-refractivity contribution in [1.82, 2.24) is 4.98 Å². The lowest BCUT2D eigenvalue weighted by Gasteiger charge is -2.12. The minimum atomic E-state index is -0.779. The summed E-state index contributed by atoms with van der Waals surface area (Å²) in [4.78, 5) is 15.4. The molecule has 3 nitrogen and oxygen atoms in total. The van der Waals surface area contributed by atoms with Crippen molar-refractivity contribution in [2.24, 2.45) is 5.92 Å². The van der Waals surface area contributed by atoms with Crippen molar-refractivity contribution in [3.05, 3.63) is 50.9 Å². The van der Waals surface area contributed by atoms with Crippen LogP contribution < -0.4 is 0 Å². The van der Waals surface area contributed by atoms with E-state index in [0.29, 0.717) is 12.8 Å². The number of hydrogen-bond acceptors (Lipinski definition) is 3. The van der Waals surface area contributed by atoms with Crippen LogP contribution in [0.3, 0.4) is 0 Å². The van der Waals surface area contributed by atoms with Gasteiger partial charge in [0.15, 0.2) is 0 Å². The number of nitrogens with zero attached hydrogens (tertiary/aromatic N) is 1. The Morgan fingerprint density at radius 1 is 1.39 bits per heavy atom. The standard InChI is InChI=1S/C13H12BrNO2S/c14-12-4-2-1-3-9(12)5-10(13(16)17)6-11-7-18-8-15-11/h1-4,7-8,10H,5-6H2,(H,16,17). The summed E-state index contributed by atoms with van der Waals surface area (Å²) >= 11 is 4.93. The van der Waals surface area contributed by atoms with Gasteiger partial charge in [0.05, 0.1) is 17.1 Å². The van der Waals surface area contributed by atoms with Gasteiger partial charge < -0.3 is 5.11 Å². The van der Waals surface area contributed by atoms with Crippen molar-refractivity contribution >= 4 is 33.2 Å². The van der Waals surface area contributed by atoms with E-state index in [0.717, 1.165) is 15.7 Å². The molecular weight excluding hydrogens is 314 g/mol. The Balaban J connectivity index is 2.12. The highest BCUT2D eigenvalue weighted by molar-refractivity contribution is 9.10. The van der Waals surface area contributed by atoms with Gasteiger partial charge in [0, 0.05) is 16.3 Å². The molecule has 0 fully saturated rings. The molecule has 1 N–H and O–H groups in total. The molecule has 0 bridgehead atoms. The fourth-order valence-corrected chi connectivity index (χ4v) is 2.78. The van der Waals surface area contributed by atoms with Crippen molar-refractivity contribution in [2.45, 2.75) is 12.8 Å². The van der Waals surface area contributed by atoms with Crippen LogP contribution in [0.15, 0.2) is 39.6 Å². The van der Waals surface area contributed by atoms with E-state index in [4.69, 9.17) is 0 Å². The molecule has 18 heavy (non-hydrogen) atoms. The average Bonchev–Trinajstić information content (AvgIpc) is 2.83. The molecule has 1 heterocycles. The monoisotopic (exact) mass is 325 g/mol. The minimum absolute atomic E-state index is 0.439. The van der Waals surface area contributed by atoms with Crippen molar-refractivity contribution in [2.75, 3.05) is 0 Å². The molecule has 2 rings (SSSR count). The van der Waals surface area contributed by atoms with E-state index in [1.807, 2.05) is 29.6 Å². The van der Waals surface area contributed by atoms with Gasteiger partial charge in [0.1, 0.15) is 0 Å². The summed E-state index contributed by atoms with van der Waals surface area (Å²) in [5, 5.41) is 11.2. The minimum Gasteiger partial charge on any atom is -0.481 e. The Labute approximate surface area is 118 Å². The Morgan fingerprint density at radius 3 is 2.78 bits per heavy atom. The molecule has 0 radical (unpaired) electrons. The van der Waals surface area contributed by atoms with E-state index in [1.165, 1.54) is 11.3 Å². The third kappa shape index (κ3) is 3.40. The number of hydrogen-bond donors (Lipinski definition) is 1. The highest BCUT2D eigenvalue weighted by Gasteiger charge is 2.20. The predicted molar refractivity (Wildman–Crippen MR) is 74.8 cm³/mol. The van der Waals surface area contributed by atoms with Crippen molar-refractivity contribution in [3.63, 3.8) is 0 Å². The third-order valence-electron chi connectivity index (χ3n) is 2.71. The molecule has 0 aliphatic heterocycles. The number of carboxylic acids is 1. The van der Waals surface area contributed by atoms with Crippen molar-refractivity contribution in [3.8, 4) is 0 Å². The normalized spacial score (nSPS) is 12.3. The summed E-state index contributed by atoms with van der Waals surface area (Å²) in [6, 6.07) is 7.71. The molecule has 0 aliphatic rings. The number of carbonyl (C=O) groups is 1. The lowest BCUT2D eigenvalue weighted by atomic mass is 9.95. The van der Waals surface area contributed by atoms with Gasteiger partial charge in [-0.2, -0.15) is 0 Å². The number of aromatic nitrogens is 1. The van der Waals surface area contributed by atoms with Crippen LogP contribution in [0.1, 0.15) is 11.3 Å². The smallest absolute Gasteiger partial charge is 0.307 e. The summed E-state index contributed by atoms with van der Waals surface area (Å²) in [6.45, 7) is 0. The van der Waals surface area contributed by atoms with Crippen LogP contribution in [0.2, 0.25) is 0 Å². The van der Waals surface area contributed by atoms with Crippen LogP contribution in [0.25, 0.3) is 0 Å². The number of rotatable bonds is 5. The zero-order chi connectivity index (χ0) is 13.0. The molecule has 0 saturated carbocycles. The second-order valence-corrected chi connectivity index (χ2v) is 5.59. The highest BCUT2D eigenvalue weighted by atomic mass is 79.9. The third-order valence-corrected chi connectivity index (χ3v) is 4.12. The topological polar surface area (TPSA) is 50.2 Å². The van der Waals surface area contributed by atoms with Gasteiger partial charge in [0.25, 0.3) is 0 Å². The van der Waals surface area contributed by atoms with E-state index >= 15 is 0 Å². The molecule has 1 unspecified atom stereocenters. The molecule has 1 atom stereocenters. The van der Waals surface area contributed by atoms with Gasteiger partial charge in [0.2, 0.25) is 0 Å². The maximum absolute atomic E-state index is 11.3. The summed E-state index contributed by atoms with van der Waals surface area (Å²) in [5.74, 6) is -1.22. The number of benzene rings is 1. The van der Waals surface area contributed by atoms with E-state index in [9.17, 15) is 9.90 Å². The summed E-state index contributed by atoms with van der Waals surface area (Å²) in [5.41, 5.74) is 3.59. The molecule has 0 saturated heterocycles. The first-order valence-electron chi connectivity index (χ1n) is 5.50. The summed E-state index contributed by atoms with van der Waals surface area (Å²) in [7, 11) is 0. The number of carboxylic acid groups (broad SMARTS) is 1. The lowest BCUT2D eigenvalue weighted by Crippen LogP contribution is -2.19. The molecule has 0 amide bonds. The zero-order valence-corrected chi connectivity index (χ0v) is 11.9. The first-order chi connectivity index (χ1) is 8.66. The Morgan fingerprint density at radius 2 is 2.17 bits per heavy atom. The molecule has 1 aromatic carbocycles. The van der Waals surface area contributed by atoms with E-state index in [2.05, 4.69) is 20.9 Å². The number of halogens is 1. The van der Waals surface area contributed by atoms with Gasteiger partial charge in [-0.05, 0) is 18.1 Å². The molecule has 0 spiro atoms. The van der Waals surface area contributed by atoms with Crippen molar-refractivity contribution < 1.29 is 9.90 Å². The maximum atomic E-state index is 11.3. The summed E-state index contributed by atoms with van der Waals surface area (Å²) in [6.07, 6.45) is 0.981. The first kappa shape index (κ1) is 13.2. The first-order valence-corrected chi connectivity index (χ1v) is 7.23. The zero-order valence-electron chi connectivity index (χ0n) is 9.54.